The Kier molecular flexibility index (Phi) is 8.48. The molecule has 0 bridgehead atoms. The quantitative estimate of drug-likeness (QED) is 0.224. The Labute approximate surface area is 223 Å². The van der Waals surface area contributed by atoms with Gasteiger partial charge in [-0.1, -0.05) is 55.8 Å². The Morgan fingerprint density at radius 3 is 2.34 bits per heavy atom. The Morgan fingerprint density at radius 2 is 1.68 bits per heavy atom. The molecular formula is C31H34N2O5. The highest BCUT2D eigenvalue weighted by Gasteiger charge is 2.46. The van der Waals surface area contributed by atoms with Crippen LogP contribution in [0.2, 0.25) is 0 Å². The minimum absolute atomic E-state index is 0.00794. The van der Waals surface area contributed by atoms with E-state index in [1.54, 1.807) is 36.4 Å². The highest BCUT2D eigenvalue weighted by molar-refractivity contribution is 6.46. The average Bonchev–Trinajstić information content (AvgIpc) is 3.17. The van der Waals surface area contributed by atoms with Crippen LogP contribution in [0.4, 0.5) is 0 Å². The monoisotopic (exact) mass is 514 g/mol. The molecular weight excluding hydrogens is 480 g/mol. The predicted molar refractivity (Wildman–Crippen MR) is 147 cm³/mol. The Balaban J connectivity index is 1.64. The largest absolute Gasteiger partial charge is 0.508 e. The number of amides is 1. The Hall–Kier alpha value is -4.10. The minimum Gasteiger partial charge on any atom is -0.508 e. The molecule has 3 aromatic carbocycles. The number of phenols is 1. The van der Waals surface area contributed by atoms with Crippen LogP contribution in [0.1, 0.15) is 42.1 Å². The third-order valence-corrected chi connectivity index (χ3v) is 6.89. The molecule has 1 saturated heterocycles. The van der Waals surface area contributed by atoms with Gasteiger partial charge in [0.2, 0.25) is 0 Å². The fraction of sp³-hybridized carbons (Fsp3) is 0.290. The molecule has 3 aromatic rings. The molecule has 1 aliphatic heterocycles. The minimum atomic E-state index is -0.810. The van der Waals surface area contributed by atoms with Gasteiger partial charge >= 0.3 is 0 Å². The van der Waals surface area contributed by atoms with E-state index in [0.717, 1.165) is 24.2 Å². The van der Waals surface area contributed by atoms with Crippen molar-refractivity contribution in [3.8, 4) is 11.5 Å². The number of nitrogens with zero attached hydrogens (tertiary/aromatic N) is 2. The lowest BCUT2D eigenvalue weighted by Gasteiger charge is -2.28. The number of hydrogen-bond acceptors (Lipinski definition) is 6. The number of ether oxygens (including phenoxy) is 1. The van der Waals surface area contributed by atoms with E-state index in [1.807, 2.05) is 39.0 Å². The molecule has 0 radical (unpaired) electrons. The second-order valence-corrected chi connectivity index (χ2v) is 9.42. The van der Waals surface area contributed by atoms with E-state index in [4.69, 9.17) is 4.74 Å². The second kappa shape index (κ2) is 12.0. The number of likely N-dealkylation sites (tertiary alicyclic amines) is 1. The van der Waals surface area contributed by atoms with Crippen LogP contribution < -0.4 is 4.74 Å². The summed E-state index contributed by atoms with van der Waals surface area (Å²) in [7, 11) is 0. The first-order valence-corrected chi connectivity index (χ1v) is 12.9. The van der Waals surface area contributed by atoms with Gasteiger partial charge in [-0.05, 0) is 67.5 Å². The zero-order valence-corrected chi connectivity index (χ0v) is 22.1. The van der Waals surface area contributed by atoms with E-state index in [2.05, 4.69) is 11.0 Å². The molecule has 1 heterocycles. The maximum absolute atomic E-state index is 13.2. The maximum atomic E-state index is 13.2. The van der Waals surface area contributed by atoms with Gasteiger partial charge in [0, 0.05) is 18.7 Å². The number of phenolic OH excluding ortho intramolecular Hbond substituents is 1. The van der Waals surface area contributed by atoms with Crippen LogP contribution in [0.15, 0.2) is 78.4 Å². The first kappa shape index (κ1) is 26.9. The number of aliphatic hydroxyl groups is 1. The zero-order chi connectivity index (χ0) is 27.2. The Morgan fingerprint density at radius 1 is 0.974 bits per heavy atom. The molecule has 38 heavy (non-hydrogen) atoms. The molecule has 7 heteroatoms. The van der Waals surface area contributed by atoms with Gasteiger partial charge in [0.05, 0.1) is 11.6 Å². The summed E-state index contributed by atoms with van der Waals surface area (Å²) in [5.74, 6) is -1.02. The van der Waals surface area contributed by atoms with E-state index in [0.29, 0.717) is 36.6 Å². The van der Waals surface area contributed by atoms with Crippen molar-refractivity contribution in [3.05, 3.63) is 101 Å². The summed E-state index contributed by atoms with van der Waals surface area (Å²) in [5, 5.41) is 21.4. The third kappa shape index (κ3) is 5.89. The number of likely N-dealkylation sites (N-methyl/N-ethyl adjacent to an activating group) is 1. The number of Topliss-reactive ketones (excluding diaryl/α,β-unsaturated/α-hetero) is 1. The van der Waals surface area contributed by atoms with Gasteiger partial charge in [-0.3, -0.25) is 9.59 Å². The van der Waals surface area contributed by atoms with Crippen LogP contribution in [0.5, 0.6) is 11.5 Å². The summed E-state index contributed by atoms with van der Waals surface area (Å²) >= 11 is 0. The van der Waals surface area contributed by atoms with Crippen molar-refractivity contribution in [3.63, 3.8) is 0 Å². The normalized spacial score (nSPS) is 16.8. The number of carbonyl (C=O) groups excluding carboxylic acids is 2. The van der Waals surface area contributed by atoms with E-state index >= 15 is 0 Å². The van der Waals surface area contributed by atoms with Crippen molar-refractivity contribution >= 4 is 17.4 Å². The van der Waals surface area contributed by atoms with Crippen molar-refractivity contribution in [1.29, 1.82) is 0 Å². The van der Waals surface area contributed by atoms with Gasteiger partial charge in [-0.25, -0.2) is 0 Å². The smallest absolute Gasteiger partial charge is 0.295 e. The van der Waals surface area contributed by atoms with Crippen molar-refractivity contribution < 1.29 is 24.5 Å². The first-order chi connectivity index (χ1) is 18.3. The lowest BCUT2D eigenvalue weighted by Crippen LogP contribution is -2.38. The molecule has 4 rings (SSSR count). The molecule has 1 fully saturated rings. The number of hydrogen-bond donors (Lipinski definition) is 2. The lowest BCUT2D eigenvalue weighted by atomic mass is 9.95. The number of rotatable bonds is 10. The predicted octanol–water partition coefficient (Wildman–Crippen LogP) is 5.04. The SMILES string of the molecule is CCN(CC)CCN1C(=O)C(=O)/C(=C(/O)c2ccc(OCc3cccc(C)c3)cc2)[C@@H]1c1cccc(O)c1. The molecule has 1 aliphatic rings. The van der Waals surface area contributed by atoms with Gasteiger partial charge in [-0.15, -0.1) is 0 Å². The highest BCUT2D eigenvalue weighted by atomic mass is 16.5. The summed E-state index contributed by atoms with van der Waals surface area (Å²) in [6.07, 6.45) is 0. The van der Waals surface area contributed by atoms with Crippen LogP contribution in [0.3, 0.4) is 0 Å². The van der Waals surface area contributed by atoms with Crippen molar-refractivity contribution in [2.24, 2.45) is 0 Å². The molecule has 0 unspecified atom stereocenters. The molecule has 1 amide bonds. The molecule has 0 aromatic heterocycles. The molecule has 1 atom stereocenters. The zero-order valence-electron chi connectivity index (χ0n) is 22.1. The number of aryl methyl sites for hydroxylation is 1. The van der Waals surface area contributed by atoms with Crippen LogP contribution in [-0.2, 0) is 16.2 Å². The molecule has 7 nitrogen and oxygen atoms in total. The molecule has 198 valence electrons. The maximum Gasteiger partial charge on any atom is 0.295 e. The average molecular weight is 515 g/mol. The molecule has 0 aliphatic carbocycles. The number of aliphatic hydroxyl groups excluding tert-OH is 1. The van der Waals surface area contributed by atoms with Crippen LogP contribution in [-0.4, -0.2) is 57.9 Å². The highest BCUT2D eigenvalue weighted by Crippen LogP contribution is 2.40. The second-order valence-electron chi connectivity index (χ2n) is 9.42. The summed E-state index contributed by atoms with van der Waals surface area (Å²) in [5.41, 5.74) is 3.17. The summed E-state index contributed by atoms with van der Waals surface area (Å²) < 4.78 is 5.88. The Bertz CT molecular complexity index is 1330. The summed E-state index contributed by atoms with van der Waals surface area (Å²) in [4.78, 5) is 30.0. The van der Waals surface area contributed by atoms with Crippen molar-refractivity contribution in [2.75, 3.05) is 26.2 Å². The molecule has 0 spiro atoms. The van der Waals surface area contributed by atoms with Gasteiger partial charge in [-0.2, -0.15) is 0 Å². The van der Waals surface area contributed by atoms with E-state index in [-0.39, 0.29) is 17.1 Å². The van der Waals surface area contributed by atoms with Gasteiger partial charge in [0.25, 0.3) is 11.7 Å². The van der Waals surface area contributed by atoms with Crippen molar-refractivity contribution in [1.82, 2.24) is 9.80 Å². The van der Waals surface area contributed by atoms with Crippen LogP contribution in [0.25, 0.3) is 5.76 Å². The summed E-state index contributed by atoms with van der Waals surface area (Å²) in [6, 6.07) is 20.5. The number of benzene rings is 3. The topological polar surface area (TPSA) is 90.3 Å². The van der Waals surface area contributed by atoms with Crippen molar-refractivity contribution in [2.45, 2.75) is 33.4 Å². The van der Waals surface area contributed by atoms with Gasteiger partial charge < -0.3 is 24.7 Å². The van der Waals surface area contributed by atoms with Crippen LogP contribution >= 0.6 is 0 Å². The van der Waals surface area contributed by atoms with Gasteiger partial charge in [0.1, 0.15) is 23.9 Å². The third-order valence-electron chi connectivity index (χ3n) is 6.89. The van der Waals surface area contributed by atoms with E-state index < -0.39 is 17.7 Å². The lowest BCUT2D eigenvalue weighted by molar-refractivity contribution is -0.140. The number of carbonyl (C=O) groups is 2. The van der Waals surface area contributed by atoms with Crippen LogP contribution in [0, 0.1) is 6.92 Å². The van der Waals surface area contributed by atoms with Gasteiger partial charge in [0.15, 0.2) is 0 Å². The standard InChI is InChI=1S/C31H34N2O5/c1-4-32(5-2)16-17-33-28(24-10-7-11-25(34)19-24)27(30(36)31(33)37)29(35)23-12-14-26(15-13-23)38-20-22-9-6-8-21(3)18-22/h6-15,18-19,28,34-35H,4-5,16-17,20H2,1-3H3/b29-27+/t28-/m0/s1. The van der Waals surface area contributed by atoms with E-state index in [1.165, 1.54) is 17.0 Å². The summed E-state index contributed by atoms with van der Waals surface area (Å²) in [6.45, 7) is 9.04. The molecule has 0 saturated carbocycles. The molecule has 2 N–H and O–H groups in total. The van der Waals surface area contributed by atoms with E-state index in [9.17, 15) is 19.8 Å². The fourth-order valence-electron chi connectivity index (χ4n) is 4.77. The number of aromatic hydroxyl groups is 1. The number of ketones is 1. The first-order valence-electron chi connectivity index (χ1n) is 12.9. The fourth-order valence-corrected chi connectivity index (χ4v) is 4.77.